The van der Waals surface area contributed by atoms with Crippen LogP contribution in [0.4, 0.5) is 10.5 Å². The maximum Gasteiger partial charge on any atom is 0.410 e. The Labute approximate surface area is 147 Å². The van der Waals surface area contributed by atoms with Gasteiger partial charge in [-0.05, 0) is 70.7 Å². The van der Waals surface area contributed by atoms with Crippen molar-refractivity contribution in [2.24, 2.45) is 0 Å². The average molecular weight is 383 g/mol. The molecule has 1 fully saturated rings. The molecule has 1 heterocycles. The fourth-order valence-electron chi connectivity index (χ4n) is 2.76. The number of ether oxygens (including phenoxy) is 1. The van der Waals surface area contributed by atoms with Crippen molar-refractivity contribution in [1.29, 1.82) is 0 Å². The fourth-order valence-corrected chi connectivity index (χ4v) is 3.23. The molecule has 1 unspecified atom stereocenters. The molecule has 1 aliphatic heterocycles. The summed E-state index contributed by atoms with van der Waals surface area (Å²) in [5.41, 5.74) is 1.96. The Morgan fingerprint density at radius 3 is 2.70 bits per heavy atom. The maximum absolute atomic E-state index is 12.2. The lowest BCUT2D eigenvalue weighted by atomic mass is 10.1. The third-order valence-corrected chi connectivity index (χ3v) is 4.42. The van der Waals surface area contributed by atoms with Crippen LogP contribution in [0.3, 0.4) is 0 Å². The molecule has 1 amide bonds. The second-order valence-corrected chi connectivity index (χ2v) is 8.11. The molecule has 5 heteroatoms. The molecule has 23 heavy (non-hydrogen) atoms. The molecule has 0 saturated carbocycles. The van der Waals surface area contributed by atoms with E-state index in [2.05, 4.69) is 46.4 Å². The molecule has 128 valence electrons. The van der Waals surface area contributed by atoms with E-state index >= 15 is 0 Å². The normalized spacial score (nSPS) is 19.2. The number of amides is 1. The number of halogens is 1. The first-order chi connectivity index (χ1) is 10.7. The maximum atomic E-state index is 12.2. The number of benzene rings is 1. The first kappa shape index (κ1) is 18.1. The van der Waals surface area contributed by atoms with E-state index < -0.39 is 5.60 Å². The van der Waals surface area contributed by atoms with Gasteiger partial charge in [-0.15, -0.1) is 0 Å². The molecular weight excluding hydrogens is 356 g/mol. The molecule has 1 N–H and O–H groups in total. The van der Waals surface area contributed by atoms with Crippen molar-refractivity contribution in [3.05, 3.63) is 28.2 Å². The molecule has 1 aromatic carbocycles. The Balaban J connectivity index is 1.92. The minimum absolute atomic E-state index is 0.196. The summed E-state index contributed by atoms with van der Waals surface area (Å²) >= 11 is 3.50. The Morgan fingerprint density at radius 1 is 1.30 bits per heavy atom. The van der Waals surface area contributed by atoms with Crippen molar-refractivity contribution < 1.29 is 9.53 Å². The van der Waals surface area contributed by atoms with Crippen molar-refractivity contribution in [3.63, 3.8) is 0 Å². The van der Waals surface area contributed by atoms with E-state index in [4.69, 9.17) is 4.74 Å². The number of hydrogen-bond donors (Lipinski definition) is 1. The Hall–Kier alpha value is -1.23. The minimum Gasteiger partial charge on any atom is -0.444 e. The minimum atomic E-state index is -0.435. The summed E-state index contributed by atoms with van der Waals surface area (Å²) in [4.78, 5) is 14.0. The predicted octanol–water partition coefficient (Wildman–Crippen LogP) is 4.96. The summed E-state index contributed by atoms with van der Waals surface area (Å²) in [7, 11) is 0. The van der Waals surface area contributed by atoms with Gasteiger partial charge in [0, 0.05) is 29.3 Å². The van der Waals surface area contributed by atoms with Crippen molar-refractivity contribution in [2.75, 3.05) is 18.4 Å². The Morgan fingerprint density at radius 2 is 2.04 bits per heavy atom. The van der Waals surface area contributed by atoms with E-state index in [1.165, 1.54) is 11.3 Å². The van der Waals surface area contributed by atoms with Gasteiger partial charge in [-0.3, -0.25) is 0 Å². The van der Waals surface area contributed by atoms with Crippen LogP contribution in [-0.2, 0) is 4.74 Å². The van der Waals surface area contributed by atoms with Gasteiger partial charge in [0.05, 0.1) is 0 Å². The van der Waals surface area contributed by atoms with Gasteiger partial charge in [0.25, 0.3) is 0 Å². The lowest BCUT2D eigenvalue weighted by Crippen LogP contribution is -2.37. The first-order valence-electron chi connectivity index (χ1n) is 8.25. The summed E-state index contributed by atoms with van der Waals surface area (Å²) in [6, 6.07) is 6.67. The van der Waals surface area contributed by atoms with Gasteiger partial charge in [-0.2, -0.15) is 0 Å². The van der Waals surface area contributed by atoms with Crippen LogP contribution < -0.4 is 5.32 Å². The van der Waals surface area contributed by atoms with E-state index in [-0.39, 0.29) is 6.09 Å². The van der Waals surface area contributed by atoms with Crippen LogP contribution in [-0.4, -0.2) is 35.7 Å². The Kier molecular flexibility index (Phi) is 5.95. The molecule has 0 bridgehead atoms. The lowest BCUT2D eigenvalue weighted by Gasteiger charge is -2.26. The van der Waals surface area contributed by atoms with E-state index in [0.717, 1.165) is 36.8 Å². The number of nitrogens with zero attached hydrogens (tertiary/aromatic N) is 1. The summed E-state index contributed by atoms with van der Waals surface area (Å²) in [6.07, 6.45) is 2.80. The third kappa shape index (κ3) is 5.72. The molecular formula is C18H27BrN2O2. The highest BCUT2D eigenvalue weighted by atomic mass is 79.9. The van der Waals surface area contributed by atoms with Crippen molar-refractivity contribution in [3.8, 4) is 0 Å². The third-order valence-electron chi connectivity index (χ3n) is 3.93. The fraction of sp³-hybridized carbons (Fsp3) is 0.611. The number of carbonyl (C=O) groups excluding carboxylic acids is 1. The van der Waals surface area contributed by atoms with Crippen LogP contribution in [0.25, 0.3) is 0 Å². The highest BCUT2D eigenvalue weighted by Gasteiger charge is 2.25. The zero-order valence-corrected chi connectivity index (χ0v) is 16.1. The molecule has 1 atom stereocenters. The number of anilines is 1. The monoisotopic (exact) mass is 382 g/mol. The van der Waals surface area contributed by atoms with Crippen LogP contribution in [0.2, 0.25) is 0 Å². The molecule has 4 nitrogen and oxygen atoms in total. The molecule has 1 saturated heterocycles. The van der Waals surface area contributed by atoms with Crippen LogP contribution in [0.15, 0.2) is 22.7 Å². The summed E-state index contributed by atoms with van der Waals surface area (Å²) in [5, 5.41) is 3.62. The number of likely N-dealkylation sites (tertiary alicyclic amines) is 1. The topological polar surface area (TPSA) is 41.6 Å². The van der Waals surface area contributed by atoms with Crippen molar-refractivity contribution in [2.45, 2.75) is 58.6 Å². The standard InChI is InChI=1S/C18H27BrN2O2/c1-13-12-14(19)7-8-16(13)20-15-6-5-10-21(11-9-15)17(22)23-18(2,3)4/h7-8,12,15,20H,5-6,9-11H2,1-4H3. The highest BCUT2D eigenvalue weighted by Crippen LogP contribution is 2.23. The van der Waals surface area contributed by atoms with E-state index in [1.807, 2.05) is 25.7 Å². The summed E-state index contributed by atoms with van der Waals surface area (Å²) in [6.45, 7) is 9.33. The van der Waals surface area contributed by atoms with Crippen molar-refractivity contribution in [1.82, 2.24) is 4.90 Å². The first-order valence-corrected chi connectivity index (χ1v) is 9.04. The van der Waals surface area contributed by atoms with Gasteiger partial charge in [0.15, 0.2) is 0 Å². The SMILES string of the molecule is Cc1cc(Br)ccc1NC1CCCN(C(=O)OC(C)(C)C)CC1. The molecule has 0 radical (unpaired) electrons. The molecule has 0 spiro atoms. The number of aryl methyl sites for hydroxylation is 1. The molecule has 1 aliphatic rings. The van der Waals surface area contributed by atoms with Crippen molar-refractivity contribution >= 4 is 27.7 Å². The Bertz CT molecular complexity index is 554. The molecule has 2 rings (SSSR count). The van der Waals surface area contributed by atoms with E-state index in [0.29, 0.717) is 6.04 Å². The van der Waals surface area contributed by atoms with Gasteiger partial charge in [-0.25, -0.2) is 4.79 Å². The predicted molar refractivity (Wildman–Crippen MR) is 97.9 cm³/mol. The lowest BCUT2D eigenvalue weighted by molar-refractivity contribution is 0.0256. The van der Waals surface area contributed by atoms with Crippen LogP contribution in [0.1, 0.15) is 45.6 Å². The van der Waals surface area contributed by atoms with Crippen LogP contribution in [0.5, 0.6) is 0 Å². The number of hydrogen-bond acceptors (Lipinski definition) is 3. The van der Waals surface area contributed by atoms with E-state index in [1.54, 1.807) is 0 Å². The highest BCUT2D eigenvalue weighted by molar-refractivity contribution is 9.10. The number of rotatable bonds is 2. The van der Waals surface area contributed by atoms with Gasteiger partial charge < -0.3 is 15.0 Å². The summed E-state index contributed by atoms with van der Waals surface area (Å²) in [5.74, 6) is 0. The van der Waals surface area contributed by atoms with Gasteiger partial charge in [-0.1, -0.05) is 15.9 Å². The molecule has 0 aliphatic carbocycles. The number of carbonyl (C=O) groups is 1. The van der Waals surface area contributed by atoms with Gasteiger partial charge >= 0.3 is 6.09 Å². The smallest absolute Gasteiger partial charge is 0.410 e. The van der Waals surface area contributed by atoms with Crippen LogP contribution >= 0.6 is 15.9 Å². The quantitative estimate of drug-likeness (QED) is 0.785. The van der Waals surface area contributed by atoms with Gasteiger partial charge in [0.2, 0.25) is 0 Å². The largest absolute Gasteiger partial charge is 0.444 e. The van der Waals surface area contributed by atoms with Gasteiger partial charge in [0.1, 0.15) is 5.60 Å². The zero-order chi connectivity index (χ0) is 17.0. The van der Waals surface area contributed by atoms with Crippen LogP contribution in [0, 0.1) is 6.92 Å². The number of nitrogens with one attached hydrogen (secondary N) is 1. The molecule has 1 aromatic rings. The summed E-state index contributed by atoms with van der Waals surface area (Å²) < 4.78 is 6.57. The molecule has 0 aromatic heterocycles. The zero-order valence-electron chi connectivity index (χ0n) is 14.5. The second kappa shape index (κ2) is 7.56. The average Bonchev–Trinajstić information content (AvgIpc) is 2.66. The second-order valence-electron chi connectivity index (χ2n) is 7.20. The van der Waals surface area contributed by atoms with E-state index in [9.17, 15) is 4.79 Å².